The molecule has 1 saturated heterocycles. The number of nitrogens with one attached hydrogen (secondary N) is 2. The van der Waals surface area contributed by atoms with Crippen LogP contribution in [0.2, 0.25) is 0 Å². The minimum absolute atomic E-state index is 0.0981. The van der Waals surface area contributed by atoms with Crippen molar-refractivity contribution in [2.24, 2.45) is 0 Å². The third-order valence-electron chi connectivity index (χ3n) is 7.72. The zero-order chi connectivity index (χ0) is 32.2. The summed E-state index contributed by atoms with van der Waals surface area (Å²) in [7, 11) is 0. The number of halogens is 6. The van der Waals surface area contributed by atoms with E-state index in [2.05, 4.69) is 10.6 Å². The second kappa shape index (κ2) is 13.4. The van der Waals surface area contributed by atoms with Crippen molar-refractivity contribution in [3.63, 3.8) is 0 Å². The van der Waals surface area contributed by atoms with E-state index in [1.165, 1.54) is 12.1 Å². The molecule has 17 heteroatoms. The molecule has 4 N–H and O–H groups in total. The molecule has 2 aliphatic rings. The first-order valence-corrected chi connectivity index (χ1v) is 13.8. The summed E-state index contributed by atoms with van der Waals surface area (Å²) in [5.41, 5.74) is -4.09. The first-order valence-electron chi connectivity index (χ1n) is 13.8. The fourth-order valence-corrected chi connectivity index (χ4v) is 5.44. The third-order valence-corrected chi connectivity index (χ3v) is 7.72. The number of rotatable bonds is 9. The van der Waals surface area contributed by atoms with Crippen LogP contribution in [0, 0.1) is 10.1 Å². The maximum Gasteiger partial charge on any atom is 0.423 e. The average Bonchev–Trinajstić information content (AvgIpc) is 2.96. The molecule has 44 heavy (non-hydrogen) atoms. The van der Waals surface area contributed by atoms with E-state index >= 15 is 0 Å². The monoisotopic (exact) mass is 635 g/mol. The van der Waals surface area contributed by atoms with Crippen LogP contribution in [-0.4, -0.2) is 64.0 Å². The van der Waals surface area contributed by atoms with E-state index in [0.717, 1.165) is 18.2 Å². The Morgan fingerprint density at radius 1 is 0.886 bits per heavy atom. The largest absolute Gasteiger partial charge is 0.423 e. The maximum absolute atomic E-state index is 13.3. The van der Waals surface area contributed by atoms with Crippen LogP contribution in [0.15, 0.2) is 36.4 Å². The number of benzene rings is 2. The van der Waals surface area contributed by atoms with Gasteiger partial charge in [0.15, 0.2) is 0 Å². The van der Waals surface area contributed by atoms with Gasteiger partial charge in [0.25, 0.3) is 5.69 Å². The summed E-state index contributed by atoms with van der Waals surface area (Å²) in [6.07, 6.45) is -6.72. The van der Waals surface area contributed by atoms with E-state index in [1.807, 2.05) is 0 Å². The van der Waals surface area contributed by atoms with Crippen molar-refractivity contribution < 1.29 is 51.2 Å². The SMILES string of the molecule is O=C(COC1CCC(Nc2ccc(N(O)O)c(C(F)(F)F)c2)CC1)N1CCC(Nc2ccc([N+](=O)[O-])c(C(F)(F)F)c2)CC1. The molecular formula is C27H31F6N5O6. The van der Waals surface area contributed by atoms with Gasteiger partial charge in [-0.15, -0.1) is 5.23 Å². The number of hydrogen-bond donors (Lipinski definition) is 4. The minimum atomic E-state index is -4.89. The minimum Gasteiger partial charge on any atom is -0.382 e. The van der Waals surface area contributed by atoms with Gasteiger partial charge in [-0.25, -0.2) is 0 Å². The lowest BCUT2D eigenvalue weighted by Gasteiger charge is -2.34. The highest BCUT2D eigenvalue weighted by Crippen LogP contribution is 2.39. The van der Waals surface area contributed by atoms with E-state index in [1.54, 1.807) is 4.90 Å². The molecule has 1 aliphatic heterocycles. The van der Waals surface area contributed by atoms with Crippen LogP contribution >= 0.6 is 0 Å². The molecular weight excluding hydrogens is 604 g/mol. The number of carbonyl (C=O) groups is 1. The third kappa shape index (κ3) is 8.41. The summed E-state index contributed by atoms with van der Waals surface area (Å²) < 4.78 is 85.5. The number of carbonyl (C=O) groups excluding carboxylic acids is 1. The van der Waals surface area contributed by atoms with Crippen molar-refractivity contribution in [2.45, 2.75) is 69.1 Å². The molecule has 4 rings (SSSR count). The van der Waals surface area contributed by atoms with Gasteiger partial charge in [0.1, 0.15) is 17.9 Å². The summed E-state index contributed by atoms with van der Waals surface area (Å²) in [5, 5.41) is 34.5. The molecule has 1 saturated carbocycles. The molecule has 0 unspecified atom stereocenters. The lowest BCUT2D eigenvalue weighted by molar-refractivity contribution is -0.388. The van der Waals surface area contributed by atoms with Gasteiger partial charge in [0, 0.05) is 42.6 Å². The number of nitro benzene ring substituents is 1. The molecule has 2 fully saturated rings. The van der Waals surface area contributed by atoms with E-state index in [4.69, 9.17) is 15.2 Å². The van der Waals surface area contributed by atoms with Gasteiger partial charge in [-0.2, -0.15) is 26.3 Å². The summed E-state index contributed by atoms with van der Waals surface area (Å²) in [4.78, 5) is 24.2. The zero-order valence-corrected chi connectivity index (χ0v) is 23.2. The van der Waals surface area contributed by atoms with Crippen molar-refractivity contribution in [2.75, 3.05) is 35.6 Å². The Morgan fingerprint density at radius 3 is 1.93 bits per heavy atom. The number of nitro groups is 1. The molecule has 0 atom stereocenters. The van der Waals surface area contributed by atoms with Gasteiger partial charge < -0.3 is 20.3 Å². The van der Waals surface area contributed by atoms with E-state index in [0.29, 0.717) is 57.7 Å². The quantitative estimate of drug-likeness (QED) is 0.147. The van der Waals surface area contributed by atoms with Crippen LogP contribution in [0.25, 0.3) is 0 Å². The normalized spacial score (nSPS) is 19.9. The Balaban J connectivity index is 1.20. The molecule has 1 amide bonds. The van der Waals surface area contributed by atoms with Crippen LogP contribution in [0.4, 0.5) is 49.1 Å². The Labute approximate surface area is 247 Å². The number of nitrogens with zero attached hydrogens (tertiary/aromatic N) is 3. The van der Waals surface area contributed by atoms with E-state index in [-0.39, 0.29) is 42.1 Å². The second-order valence-electron chi connectivity index (χ2n) is 10.7. The van der Waals surface area contributed by atoms with Crippen LogP contribution in [0.1, 0.15) is 49.7 Å². The van der Waals surface area contributed by atoms with E-state index < -0.39 is 45.0 Å². The number of ether oxygens (including phenoxy) is 1. The molecule has 0 aromatic heterocycles. The van der Waals surface area contributed by atoms with Crippen molar-refractivity contribution in [1.29, 1.82) is 0 Å². The molecule has 1 heterocycles. The lowest BCUT2D eigenvalue weighted by Crippen LogP contribution is -2.44. The van der Waals surface area contributed by atoms with Gasteiger partial charge in [-0.1, -0.05) is 0 Å². The predicted molar refractivity (Wildman–Crippen MR) is 144 cm³/mol. The Morgan fingerprint density at radius 2 is 1.41 bits per heavy atom. The molecule has 0 spiro atoms. The number of alkyl halides is 6. The maximum atomic E-state index is 13.3. The number of likely N-dealkylation sites (tertiary alicyclic amines) is 1. The smallest absolute Gasteiger partial charge is 0.382 e. The van der Waals surface area contributed by atoms with Gasteiger partial charge >= 0.3 is 12.4 Å². The van der Waals surface area contributed by atoms with Gasteiger partial charge in [0.05, 0.1) is 16.6 Å². The summed E-state index contributed by atoms with van der Waals surface area (Å²) in [6.45, 7) is 0.532. The second-order valence-corrected chi connectivity index (χ2v) is 10.7. The van der Waals surface area contributed by atoms with Crippen LogP contribution in [-0.2, 0) is 21.9 Å². The standard InChI is InChI=1S/C27H31F6N5O6/c28-26(29,30)21-13-18(3-7-23(21)37(40)41)34-16-1-5-20(6-2-16)44-15-25(39)36-11-9-17(10-12-36)35-19-4-8-24(38(42)43)22(14-19)27(31,32)33/h3-4,7-8,13-14,16-17,20,34-35,40-41H,1-2,5-6,9-12,15H2. The molecule has 11 nitrogen and oxygen atoms in total. The Bertz CT molecular complexity index is 1330. The first-order chi connectivity index (χ1) is 20.6. The summed E-state index contributed by atoms with van der Waals surface area (Å²) >= 11 is 0. The Kier molecular flexibility index (Phi) is 10.1. The van der Waals surface area contributed by atoms with Crippen LogP contribution in [0.3, 0.4) is 0 Å². The molecule has 0 bridgehead atoms. The van der Waals surface area contributed by atoms with Crippen molar-refractivity contribution in [3.8, 4) is 0 Å². The highest BCUT2D eigenvalue weighted by molar-refractivity contribution is 5.77. The van der Waals surface area contributed by atoms with Crippen molar-refractivity contribution in [1.82, 2.24) is 4.90 Å². The predicted octanol–water partition coefficient (Wildman–Crippen LogP) is 6.06. The van der Waals surface area contributed by atoms with Crippen molar-refractivity contribution >= 4 is 28.7 Å². The van der Waals surface area contributed by atoms with Gasteiger partial charge in [-0.05, 0) is 68.9 Å². The number of hydrogen-bond acceptors (Lipinski definition) is 9. The van der Waals surface area contributed by atoms with Crippen LogP contribution < -0.4 is 15.9 Å². The number of piperidine rings is 1. The fourth-order valence-electron chi connectivity index (χ4n) is 5.44. The lowest BCUT2D eigenvalue weighted by atomic mass is 9.92. The molecule has 2 aromatic carbocycles. The summed E-state index contributed by atoms with van der Waals surface area (Å²) in [5.74, 6) is -0.236. The molecule has 242 valence electrons. The van der Waals surface area contributed by atoms with E-state index in [9.17, 15) is 41.3 Å². The van der Waals surface area contributed by atoms with Crippen LogP contribution in [0.5, 0.6) is 0 Å². The molecule has 2 aromatic rings. The highest BCUT2D eigenvalue weighted by Gasteiger charge is 2.39. The number of amides is 1. The zero-order valence-electron chi connectivity index (χ0n) is 23.2. The number of anilines is 3. The average molecular weight is 636 g/mol. The highest BCUT2D eigenvalue weighted by atomic mass is 19.4. The molecule has 0 radical (unpaired) electrons. The molecule has 1 aliphatic carbocycles. The van der Waals surface area contributed by atoms with Gasteiger partial charge in [0.2, 0.25) is 5.91 Å². The first kappa shape index (κ1) is 33.1. The van der Waals surface area contributed by atoms with Gasteiger partial charge in [-0.3, -0.25) is 25.3 Å². The topological polar surface area (TPSA) is 140 Å². The fraction of sp³-hybridized carbons (Fsp3) is 0.519. The Hall–Kier alpha value is -3.83. The summed E-state index contributed by atoms with van der Waals surface area (Å²) in [6, 6.07) is 5.43. The van der Waals surface area contributed by atoms with Crippen molar-refractivity contribution in [3.05, 3.63) is 57.6 Å².